The monoisotopic (exact) mass is 483 g/mol. The van der Waals surface area contributed by atoms with Crippen LogP contribution in [0.4, 0.5) is 0 Å². The van der Waals surface area contributed by atoms with Crippen LogP contribution in [0.25, 0.3) is 21.3 Å². The van der Waals surface area contributed by atoms with Gasteiger partial charge in [-0.1, -0.05) is 11.6 Å². The van der Waals surface area contributed by atoms with Crippen molar-refractivity contribution in [3.8, 4) is 16.9 Å². The number of nitrogens with one attached hydrogen (secondary N) is 1. The molecule has 0 radical (unpaired) electrons. The number of fused-ring (bicyclic) bond motifs is 1. The van der Waals surface area contributed by atoms with Crippen LogP contribution in [0.2, 0.25) is 5.02 Å². The molecule has 6 nitrogen and oxygen atoms in total. The van der Waals surface area contributed by atoms with Crippen LogP contribution >= 0.6 is 22.9 Å². The molecule has 2 aliphatic heterocycles. The average Bonchev–Trinajstić information content (AvgIpc) is 3.34. The number of nitrogens with zero attached hydrogens (tertiary/aromatic N) is 2. The number of aryl methyl sites for hydroxylation is 1. The highest BCUT2D eigenvalue weighted by molar-refractivity contribution is 7.19. The molecule has 1 N–H and O–H groups in total. The summed E-state index contributed by atoms with van der Waals surface area (Å²) in [4.78, 5) is 31.0. The normalized spacial score (nSPS) is 21.2. The number of hydrogen-bond donors (Lipinski definition) is 1. The predicted molar refractivity (Wildman–Crippen MR) is 131 cm³/mol. The number of halogens is 1. The number of carbonyl (C=O) groups excluding carboxylic acids is 2. The minimum atomic E-state index is -0.109. The van der Waals surface area contributed by atoms with Gasteiger partial charge in [0.05, 0.1) is 16.8 Å². The molecular formula is C25H26ClN3O3S. The molecule has 1 unspecified atom stereocenters. The number of hydrogen-bond acceptors (Lipinski definition) is 6. The molecule has 0 aliphatic carbocycles. The number of ether oxygens (including phenoxy) is 1. The fraction of sp³-hybridized carbons (Fsp3) is 0.400. The molecule has 3 aromatic rings. The molecule has 2 aromatic heterocycles. The quantitative estimate of drug-likeness (QED) is 0.511. The molecule has 0 saturated carbocycles. The summed E-state index contributed by atoms with van der Waals surface area (Å²) in [6, 6.07) is 8.34. The van der Waals surface area contributed by atoms with E-state index < -0.39 is 0 Å². The zero-order valence-electron chi connectivity index (χ0n) is 18.7. The molecule has 172 valence electrons. The van der Waals surface area contributed by atoms with Gasteiger partial charge in [-0.15, -0.1) is 11.3 Å². The van der Waals surface area contributed by atoms with Crippen molar-refractivity contribution in [2.24, 2.45) is 0 Å². The van der Waals surface area contributed by atoms with E-state index in [0.29, 0.717) is 30.5 Å². The molecule has 2 saturated heterocycles. The SMILES string of the molecule is Cc1cc(Cl)cc(-c2ccnc3cc(CN4C(=O)CCC4=O)sc23)c1OC1CC[C@@H](C)NC1. The van der Waals surface area contributed by atoms with Crippen LogP contribution in [0.5, 0.6) is 5.75 Å². The lowest BCUT2D eigenvalue weighted by atomic mass is 10.0. The molecule has 5 rings (SSSR count). The van der Waals surface area contributed by atoms with Crippen molar-refractivity contribution in [1.29, 1.82) is 0 Å². The molecular weight excluding hydrogens is 458 g/mol. The molecule has 4 heterocycles. The van der Waals surface area contributed by atoms with Crippen LogP contribution in [-0.2, 0) is 16.1 Å². The number of pyridine rings is 1. The first-order chi connectivity index (χ1) is 15.9. The first kappa shape index (κ1) is 22.3. The zero-order chi connectivity index (χ0) is 23.1. The zero-order valence-corrected chi connectivity index (χ0v) is 20.3. The summed E-state index contributed by atoms with van der Waals surface area (Å²) in [6.45, 7) is 5.32. The Morgan fingerprint density at radius 2 is 1.97 bits per heavy atom. The lowest BCUT2D eigenvalue weighted by Crippen LogP contribution is -2.42. The van der Waals surface area contributed by atoms with Crippen molar-refractivity contribution in [2.75, 3.05) is 6.54 Å². The third-order valence-corrected chi connectivity index (χ3v) is 7.72. The number of amides is 2. The van der Waals surface area contributed by atoms with E-state index in [2.05, 4.69) is 17.2 Å². The van der Waals surface area contributed by atoms with Crippen molar-refractivity contribution in [3.05, 3.63) is 45.9 Å². The summed E-state index contributed by atoms with van der Waals surface area (Å²) in [5, 5.41) is 4.15. The number of likely N-dealkylation sites (tertiary alicyclic amines) is 1. The van der Waals surface area contributed by atoms with Gasteiger partial charge in [0.15, 0.2) is 0 Å². The lowest BCUT2D eigenvalue weighted by molar-refractivity contribution is -0.138. The van der Waals surface area contributed by atoms with E-state index in [4.69, 9.17) is 16.3 Å². The topological polar surface area (TPSA) is 71.5 Å². The van der Waals surface area contributed by atoms with Crippen molar-refractivity contribution in [3.63, 3.8) is 0 Å². The van der Waals surface area contributed by atoms with Crippen LogP contribution in [-0.4, -0.2) is 40.4 Å². The second kappa shape index (κ2) is 9.05. The van der Waals surface area contributed by atoms with Crippen LogP contribution in [0, 0.1) is 6.92 Å². The van der Waals surface area contributed by atoms with Crippen molar-refractivity contribution < 1.29 is 14.3 Å². The van der Waals surface area contributed by atoms with Gasteiger partial charge in [-0.2, -0.15) is 0 Å². The molecule has 0 spiro atoms. The summed E-state index contributed by atoms with van der Waals surface area (Å²) in [6.07, 6.45) is 4.55. The summed E-state index contributed by atoms with van der Waals surface area (Å²) < 4.78 is 7.53. The van der Waals surface area contributed by atoms with E-state index in [1.165, 1.54) is 4.90 Å². The third-order valence-electron chi connectivity index (χ3n) is 6.36. The number of rotatable bonds is 5. The maximum atomic E-state index is 12.1. The summed E-state index contributed by atoms with van der Waals surface area (Å²) in [5.74, 6) is 0.623. The largest absolute Gasteiger partial charge is 0.488 e. The van der Waals surface area contributed by atoms with E-state index in [1.54, 1.807) is 17.5 Å². The minimum Gasteiger partial charge on any atom is -0.488 e. The van der Waals surface area contributed by atoms with Gasteiger partial charge < -0.3 is 10.1 Å². The average molecular weight is 484 g/mol. The smallest absolute Gasteiger partial charge is 0.230 e. The highest BCUT2D eigenvalue weighted by Crippen LogP contribution is 2.42. The van der Waals surface area contributed by atoms with Gasteiger partial charge in [-0.25, -0.2) is 0 Å². The van der Waals surface area contributed by atoms with Gasteiger partial charge in [-0.3, -0.25) is 19.5 Å². The molecule has 8 heteroatoms. The highest BCUT2D eigenvalue weighted by atomic mass is 35.5. The number of benzene rings is 1. The van der Waals surface area contributed by atoms with Gasteiger partial charge in [0.1, 0.15) is 11.9 Å². The van der Waals surface area contributed by atoms with Gasteiger partial charge >= 0.3 is 0 Å². The second-order valence-corrected chi connectivity index (χ2v) is 10.5. The molecule has 1 aromatic carbocycles. The predicted octanol–water partition coefficient (Wildman–Crippen LogP) is 5.09. The van der Waals surface area contributed by atoms with Crippen LogP contribution < -0.4 is 10.1 Å². The second-order valence-electron chi connectivity index (χ2n) is 8.89. The van der Waals surface area contributed by atoms with Crippen LogP contribution in [0.1, 0.15) is 43.0 Å². The minimum absolute atomic E-state index is 0.100. The summed E-state index contributed by atoms with van der Waals surface area (Å²) in [7, 11) is 0. The summed E-state index contributed by atoms with van der Waals surface area (Å²) >= 11 is 8.03. The third kappa shape index (κ3) is 4.50. The van der Waals surface area contributed by atoms with Crippen molar-refractivity contribution >= 4 is 45.0 Å². The lowest BCUT2D eigenvalue weighted by Gasteiger charge is -2.29. The van der Waals surface area contributed by atoms with Gasteiger partial charge in [0.2, 0.25) is 11.8 Å². The first-order valence-electron chi connectivity index (χ1n) is 11.3. The molecule has 2 atom stereocenters. The number of imide groups is 1. The molecule has 2 fully saturated rings. The molecule has 0 bridgehead atoms. The standard InChI is InChI=1S/C25H26ClN3O3S/c1-14-9-16(26)10-20(24(14)32-17-4-3-15(2)28-12-17)19-7-8-27-21-11-18(33-25(19)21)13-29-22(30)5-6-23(29)31/h7-11,15,17,28H,3-6,12-13H2,1-2H3/t15-,17?/m1/s1. The Kier molecular flexibility index (Phi) is 6.12. The number of piperidine rings is 1. The van der Waals surface area contributed by atoms with Gasteiger partial charge in [0, 0.05) is 52.7 Å². The number of thiophene rings is 1. The van der Waals surface area contributed by atoms with Gasteiger partial charge in [-0.05, 0) is 56.5 Å². The fourth-order valence-electron chi connectivity index (χ4n) is 4.56. The van der Waals surface area contributed by atoms with Crippen molar-refractivity contribution in [1.82, 2.24) is 15.2 Å². The summed E-state index contributed by atoms with van der Waals surface area (Å²) in [5.41, 5.74) is 3.76. The molecule has 2 aliphatic rings. The van der Waals surface area contributed by atoms with E-state index in [-0.39, 0.29) is 17.9 Å². The maximum absolute atomic E-state index is 12.1. The van der Waals surface area contributed by atoms with E-state index in [0.717, 1.165) is 56.9 Å². The number of carbonyl (C=O) groups is 2. The van der Waals surface area contributed by atoms with E-state index >= 15 is 0 Å². The Balaban J connectivity index is 1.52. The fourth-order valence-corrected chi connectivity index (χ4v) is 5.96. The Bertz CT molecular complexity index is 1220. The van der Waals surface area contributed by atoms with Crippen molar-refractivity contribution in [2.45, 2.75) is 58.2 Å². The first-order valence-corrected chi connectivity index (χ1v) is 12.5. The van der Waals surface area contributed by atoms with E-state index in [1.807, 2.05) is 31.2 Å². The number of aromatic nitrogens is 1. The Morgan fingerprint density at radius 3 is 2.70 bits per heavy atom. The van der Waals surface area contributed by atoms with Crippen LogP contribution in [0.3, 0.4) is 0 Å². The highest BCUT2D eigenvalue weighted by Gasteiger charge is 2.29. The Hall–Kier alpha value is -2.48. The Labute approximate surface area is 201 Å². The molecule has 2 amide bonds. The van der Waals surface area contributed by atoms with Gasteiger partial charge in [0.25, 0.3) is 0 Å². The molecule has 33 heavy (non-hydrogen) atoms. The van der Waals surface area contributed by atoms with Crippen LogP contribution in [0.15, 0.2) is 30.5 Å². The van der Waals surface area contributed by atoms with E-state index in [9.17, 15) is 9.59 Å². The maximum Gasteiger partial charge on any atom is 0.230 e. The Morgan fingerprint density at radius 1 is 1.18 bits per heavy atom.